The van der Waals surface area contributed by atoms with E-state index >= 15 is 0 Å². The summed E-state index contributed by atoms with van der Waals surface area (Å²) in [5, 5.41) is 17.5. The van der Waals surface area contributed by atoms with E-state index in [4.69, 9.17) is 4.52 Å². The molecular formula is C13H14FN3O3. The molecule has 6 nitrogen and oxygen atoms in total. The Morgan fingerprint density at radius 1 is 1.40 bits per heavy atom. The third kappa shape index (κ3) is 2.83. The molecule has 1 heterocycles. The molecule has 0 aliphatic rings. The smallest absolute Gasteiger partial charge is 0.305 e. The van der Waals surface area contributed by atoms with Gasteiger partial charge in [-0.15, -0.1) is 0 Å². The van der Waals surface area contributed by atoms with Crippen molar-refractivity contribution >= 4 is 5.69 Å². The van der Waals surface area contributed by atoms with Gasteiger partial charge in [-0.2, -0.15) is 4.39 Å². The van der Waals surface area contributed by atoms with Crippen LogP contribution in [0.3, 0.4) is 0 Å². The molecule has 1 N–H and O–H groups in total. The molecule has 0 aliphatic heterocycles. The van der Waals surface area contributed by atoms with Gasteiger partial charge in [0.2, 0.25) is 5.82 Å². The van der Waals surface area contributed by atoms with Gasteiger partial charge in [-0.25, -0.2) is 0 Å². The van der Waals surface area contributed by atoms with Crippen molar-refractivity contribution in [1.82, 2.24) is 10.5 Å². The van der Waals surface area contributed by atoms with Gasteiger partial charge >= 0.3 is 5.69 Å². The van der Waals surface area contributed by atoms with E-state index in [0.29, 0.717) is 12.3 Å². The fourth-order valence-electron chi connectivity index (χ4n) is 1.92. The lowest BCUT2D eigenvalue weighted by molar-refractivity contribution is -0.387. The molecule has 0 bridgehead atoms. The van der Waals surface area contributed by atoms with E-state index < -0.39 is 16.4 Å². The second-order valence-electron chi connectivity index (χ2n) is 4.41. The fourth-order valence-corrected chi connectivity index (χ4v) is 1.92. The van der Waals surface area contributed by atoms with Gasteiger partial charge in [-0.1, -0.05) is 17.3 Å². The summed E-state index contributed by atoms with van der Waals surface area (Å²) in [5.41, 5.74) is 1.43. The fraction of sp³-hybridized carbons (Fsp3) is 0.308. The van der Waals surface area contributed by atoms with Crippen LogP contribution in [0.15, 0.2) is 22.7 Å². The van der Waals surface area contributed by atoms with Crippen molar-refractivity contribution in [2.24, 2.45) is 0 Å². The highest BCUT2D eigenvalue weighted by atomic mass is 19.1. The van der Waals surface area contributed by atoms with E-state index in [1.165, 1.54) is 12.1 Å². The van der Waals surface area contributed by atoms with Crippen molar-refractivity contribution in [2.45, 2.75) is 26.9 Å². The number of rotatable bonds is 5. The molecule has 7 heteroatoms. The molecule has 106 valence electrons. The molecule has 0 fully saturated rings. The predicted octanol–water partition coefficient (Wildman–Crippen LogP) is 2.63. The summed E-state index contributed by atoms with van der Waals surface area (Å²) in [4.78, 5) is 9.92. The molecule has 0 saturated heterocycles. The van der Waals surface area contributed by atoms with Gasteiger partial charge in [0.05, 0.1) is 10.6 Å². The Balaban J connectivity index is 2.05. The van der Waals surface area contributed by atoms with Crippen LogP contribution in [0, 0.1) is 29.8 Å². The quantitative estimate of drug-likeness (QED) is 0.672. The van der Waals surface area contributed by atoms with Gasteiger partial charge in [-0.05, 0) is 13.8 Å². The first-order chi connectivity index (χ1) is 9.50. The van der Waals surface area contributed by atoms with Crippen molar-refractivity contribution < 1.29 is 13.8 Å². The van der Waals surface area contributed by atoms with Gasteiger partial charge in [0, 0.05) is 30.3 Å². The van der Waals surface area contributed by atoms with E-state index in [1.807, 2.05) is 6.92 Å². The second kappa shape index (κ2) is 5.79. The number of benzene rings is 1. The summed E-state index contributed by atoms with van der Waals surface area (Å²) in [6, 6.07) is 4.13. The number of aromatic nitrogens is 1. The van der Waals surface area contributed by atoms with Crippen molar-refractivity contribution in [1.29, 1.82) is 0 Å². The summed E-state index contributed by atoms with van der Waals surface area (Å²) in [6.07, 6.45) is 0. The Hall–Kier alpha value is -2.28. The molecule has 0 saturated carbocycles. The van der Waals surface area contributed by atoms with Crippen LogP contribution in [0.5, 0.6) is 0 Å². The van der Waals surface area contributed by atoms with Crippen LogP contribution < -0.4 is 5.32 Å². The highest BCUT2D eigenvalue weighted by Gasteiger charge is 2.17. The van der Waals surface area contributed by atoms with E-state index in [0.717, 1.165) is 17.3 Å². The van der Waals surface area contributed by atoms with Gasteiger partial charge in [-0.3, -0.25) is 10.1 Å². The van der Waals surface area contributed by atoms with Crippen LogP contribution in [0.1, 0.15) is 22.6 Å². The summed E-state index contributed by atoms with van der Waals surface area (Å²) >= 11 is 0. The van der Waals surface area contributed by atoms with Gasteiger partial charge in [0.1, 0.15) is 5.76 Å². The average Bonchev–Trinajstić information content (AvgIpc) is 2.72. The van der Waals surface area contributed by atoms with Crippen LogP contribution in [-0.2, 0) is 13.1 Å². The number of hydrogen-bond donors (Lipinski definition) is 1. The first-order valence-corrected chi connectivity index (χ1v) is 6.05. The number of nitro benzene ring substituents is 1. The lowest BCUT2D eigenvalue weighted by Gasteiger charge is -2.06. The third-order valence-electron chi connectivity index (χ3n) is 3.05. The first kappa shape index (κ1) is 14.1. The summed E-state index contributed by atoms with van der Waals surface area (Å²) < 4.78 is 18.9. The number of aryl methyl sites for hydroxylation is 2. The monoisotopic (exact) mass is 279 g/mol. The molecule has 0 aliphatic carbocycles. The molecule has 20 heavy (non-hydrogen) atoms. The van der Waals surface area contributed by atoms with E-state index in [9.17, 15) is 14.5 Å². The molecule has 2 rings (SSSR count). The Morgan fingerprint density at radius 3 is 2.75 bits per heavy atom. The lowest BCUT2D eigenvalue weighted by atomic mass is 10.1. The number of nitrogens with zero attached hydrogens (tertiary/aromatic N) is 2. The zero-order valence-corrected chi connectivity index (χ0v) is 11.1. The minimum Gasteiger partial charge on any atom is -0.361 e. The maximum atomic E-state index is 13.8. The summed E-state index contributed by atoms with van der Waals surface area (Å²) in [7, 11) is 0. The van der Waals surface area contributed by atoms with E-state index in [-0.39, 0.29) is 12.1 Å². The second-order valence-corrected chi connectivity index (χ2v) is 4.41. The van der Waals surface area contributed by atoms with E-state index in [2.05, 4.69) is 10.5 Å². The van der Waals surface area contributed by atoms with Crippen LogP contribution in [0.25, 0.3) is 0 Å². The number of halogens is 1. The van der Waals surface area contributed by atoms with Crippen LogP contribution in [0.4, 0.5) is 10.1 Å². The van der Waals surface area contributed by atoms with Gasteiger partial charge in [0.15, 0.2) is 0 Å². The summed E-state index contributed by atoms with van der Waals surface area (Å²) in [5.74, 6) is -0.0988. The molecule has 1 aromatic carbocycles. The largest absolute Gasteiger partial charge is 0.361 e. The first-order valence-electron chi connectivity index (χ1n) is 6.05. The Morgan fingerprint density at radius 2 is 2.15 bits per heavy atom. The van der Waals surface area contributed by atoms with Crippen molar-refractivity contribution in [3.63, 3.8) is 0 Å². The Kier molecular flexibility index (Phi) is 4.09. The van der Waals surface area contributed by atoms with Gasteiger partial charge in [0.25, 0.3) is 0 Å². The normalized spacial score (nSPS) is 10.8. The number of nitro groups is 1. The molecule has 0 radical (unpaired) electrons. The SMILES string of the molecule is Cc1noc(C)c1CNCc1cccc([N+](=O)[O-])c1F. The Bertz CT molecular complexity index is 620. The minimum absolute atomic E-state index is 0.192. The number of nitrogens with one attached hydrogen (secondary N) is 1. The van der Waals surface area contributed by atoms with Crippen molar-refractivity contribution in [2.75, 3.05) is 0 Å². The van der Waals surface area contributed by atoms with Crippen LogP contribution in [-0.4, -0.2) is 10.1 Å². The van der Waals surface area contributed by atoms with Crippen molar-refractivity contribution in [3.8, 4) is 0 Å². The maximum Gasteiger partial charge on any atom is 0.305 e. The molecule has 0 atom stereocenters. The topological polar surface area (TPSA) is 81.2 Å². The van der Waals surface area contributed by atoms with E-state index in [1.54, 1.807) is 6.92 Å². The Labute approximate surface area is 114 Å². The molecular weight excluding hydrogens is 265 g/mol. The van der Waals surface area contributed by atoms with Crippen molar-refractivity contribution in [3.05, 3.63) is 56.7 Å². The van der Waals surface area contributed by atoms with Gasteiger partial charge < -0.3 is 9.84 Å². The predicted molar refractivity (Wildman–Crippen MR) is 69.6 cm³/mol. The summed E-state index contributed by atoms with van der Waals surface area (Å²) in [6.45, 7) is 4.27. The average molecular weight is 279 g/mol. The zero-order chi connectivity index (χ0) is 14.7. The minimum atomic E-state index is -0.802. The van der Waals surface area contributed by atoms with Crippen LogP contribution >= 0.6 is 0 Å². The highest BCUT2D eigenvalue weighted by Crippen LogP contribution is 2.20. The highest BCUT2D eigenvalue weighted by molar-refractivity contribution is 5.36. The lowest BCUT2D eigenvalue weighted by Crippen LogP contribution is -2.15. The zero-order valence-electron chi connectivity index (χ0n) is 11.1. The molecule has 0 spiro atoms. The molecule has 1 aromatic heterocycles. The third-order valence-corrected chi connectivity index (χ3v) is 3.05. The maximum absolute atomic E-state index is 13.8. The molecule has 0 unspecified atom stereocenters. The number of hydrogen-bond acceptors (Lipinski definition) is 5. The van der Waals surface area contributed by atoms with Crippen LogP contribution in [0.2, 0.25) is 0 Å². The molecule has 2 aromatic rings. The molecule has 0 amide bonds. The standard InChI is InChI=1S/C13H14FN3O3/c1-8-11(9(2)20-16-8)7-15-6-10-4-3-5-12(13(10)14)17(18)19/h3-5,15H,6-7H2,1-2H3.